The van der Waals surface area contributed by atoms with Crippen LogP contribution >= 0.6 is 11.6 Å². The Balaban J connectivity index is 2.15. The molecular weight excluding hydrogens is 300 g/mol. The zero-order chi connectivity index (χ0) is 14.6. The van der Waals surface area contributed by atoms with Crippen molar-refractivity contribution in [2.45, 2.75) is 18.0 Å². The molecule has 0 radical (unpaired) electrons. The average Bonchev–Trinajstić information content (AvgIpc) is 2.46. The van der Waals surface area contributed by atoms with Crippen molar-refractivity contribution in [1.82, 2.24) is 9.71 Å². The van der Waals surface area contributed by atoms with Crippen LogP contribution in [0, 0.1) is 0 Å². The van der Waals surface area contributed by atoms with Crippen LogP contribution in [0.15, 0.2) is 47.5 Å². The van der Waals surface area contributed by atoms with E-state index >= 15 is 0 Å². The van der Waals surface area contributed by atoms with Gasteiger partial charge < -0.3 is 5.11 Å². The van der Waals surface area contributed by atoms with Crippen molar-refractivity contribution in [3.05, 3.63) is 58.9 Å². The molecule has 1 aromatic carbocycles. The molecular formula is C13H13ClN2O3S. The number of aromatic nitrogens is 1. The number of halogens is 1. The number of aliphatic hydroxyl groups excluding tert-OH is 1. The first kappa shape index (κ1) is 14.9. The quantitative estimate of drug-likeness (QED) is 0.824. The van der Waals surface area contributed by atoms with Crippen molar-refractivity contribution in [3.8, 4) is 0 Å². The third-order valence-corrected chi connectivity index (χ3v) is 4.36. The van der Waals surface area contributed by atoms with E-state index in [-0.39, 0.29) is 23.2 Å². The van der Waals surface area contributed by atoms with E-state index in [1.807, 2.05) is 0 Å². The molecule has 0 bridgehead atoms. The van der Waals surface area contributed by atoms with Gasteiger partial charge in [0.2, 0.25) is 10.0 Å². The lowest BCUT2D eigenvalue weighted by Crippen LogP contribution is -2.24. The maximum absolute atomic E-state index is 12.1. The first-order valence-electron chi connectivity index (χ1n) is 5.82. The van der Waals surface area contributed by atoms with E-state index in [1.165, 1.54) is 18.3 Å². The van der Waals surface area contributed by atoms with Gasteiger partial charge in [-0.25, -0.2) is 18.1 Å². The van der Waals surface area contributed by atoms with Crippen molar-refractivity contribution < 1.29 is 13.5 Å². The van der Waals surface area contributed by atoms with E-state index in [9.17, 15) is 13.5 Å². The van der Waals surface area contributed by atoms with Crippen LogP contribution in [0.25, 0.3) is 0 Å². The minimum Gasteiger partial charge on any atom is -0.392 e. The van der Waals surface area contributed by atoms with Gasteiger partial charge in [0.1, 0.15) is 10.0 Å². The SMILES string of the molecule is O=S(=O)(NCc1ccccc1CO)c1ccc(Cl)nc1. The Bertz CT molecular complexity index is 687. The topological polar surface area (TPSA) is 79.3 Å². The molecule has 2 N–H and O–H groups in total. The van der Waals surface area contributed by atoms with E-state index in [1.54, 1.807) is 24.3 Å². The number of nitrogens with zero attached hydrogens (tertiary/aromatic N) is 1. The molecule has 0 atom stereocenters. The largest absolute Gasteiger partial charge is 0.392 e. The van der Waals surface area contributed by atoms with Crippen molar-refractivity contribution >= 4 is 21.6 Å². The highest BCUT2D eigenvalue weighted by Crippen LogP contribution is 2.13. The van der Waals surface area contributed by atoms with Crippen LogP contribution in [-0.4, -0.2) is 18.5 Å². The summed E-state index contributed by atoms with van der Waals surface area (Å²) < 4.78 is 26.6. The lowest BCUT2D eigenvalue weighted by Gasteiger charge is -2.09. The Labute approximate surface area is 122 Å². The number of benzene rings is 1. The summed E-state index contributed by atoms with van der Waals surface area (Å²) in [5.41, 5.74) is 1.41. The van der Waals surface area contributed by atoms with Gasteiger partial charge in [-0.3, -0.25) is 0 Å². The van der Waals surface area contributed by atoms with Gasteiger partial charge in [0.15, 0.2) is 0 Å². The molecule has 0 aliphatic rings. The third kappa shape index (κ3) is 3.55. The molecule has 0 saturated carbocycles. The van der Waals surface area contributed by atoms with Crippen LogP contribution in [0.1, 0.15) is 11.1 Å². The molecule has 7 heteroatoms. The van der Waals surface area contributed by atoms with Gasteiger partial charge in [-0.1, -0.05) is 35.9 Å². The summed E-state index contributed by atoms with van der Waals surface area (Å²) in [6, 6.07) is 9.87. The predicted octanol–water partition coefficient (Wildman–Crippen LogP) is 1.71. The molecule has 106 valence electrons. The number of pyridine rings is 1. The standard InChI is InChI=1S/C13H13ClN2O3S/c14-13-6-5-12(8-15-13)20(18,19)16-7-10-3-1-2-4-11(10)9-17/h1-6,8,16-17H,7,9H2. The summed E-state index contributed by atoms with van der Waals surface area (Å²) in [5, 5.41) is 9.42. The summed E-state index contributed by atoms with van der Waals surface area (Å²) >= 11 is 5.62. The first-order chi connectivity index (χ1) is 9.53. The zero-order valence-electron chi connectivity index (χ0n) is 10.5. The molecule has 2 rings (SSSR count). The summed E-state index contributed by atoms with van der Waals surface area (Å²) in [5.74, 6) is 0. The van der Waals surface area contributed by atoms with Gasteiger partial charge in [0, 0.05) is 12.7 Å². The van der Waals surface area contributed by atoms with Crippen LogP contribution < -0.4 is 4.72 Å². The Morgan fingerprint density at radius 1 is 1.15 bits per heavy atom. The second-order valence-electron chi connectivity index (χ2n) is 4.07. The summed E-state index contributed by atoms with van der Waals surface area (Å²) in [7, 11) is -3.65. The van der Waals surface area contributed by atoms with Crippen LogP contribution in [0.2, 0.25) is 5.15 Å². The Hall–Kier alpha value is -1.47. The Kier molecular flexibility index (Phi) is 4.72. The van der Waals surface area contributed by atoms with Gasteiger partial charge in [-0.2, -0.15) is 0 Å². The van der Waals surface area contributed by atoms with Crippen LogP contribution in [0.5, 0.6) is 0 Å². The predicted molar refractivity (Wildman–Crippen MR) is 75.6 cm³/mol. The fourth-order valence-electron chi connectivity index (χ4n) is 1.66. The van der Waals surface area contributed by atoms with Gasteiger partial charge in [-0.15, -0.1) is 0 Å². The summed E-state index contributed by atoms with van der Waals surface area (Å²) in [4.78, 5) is 3.79. The highest BCUT2D eigenvalue weighted by Gasteiger charge is 2.14. The molecule has 0 unspecified atom stereocenters. The highest BCUT2D eigenvalue weighted by molar-refractivity contribution is 7.89. The van der Waals surface area contributed by atoms with Gasteiger partial charge >= 0.3 is 0 Å². The smallest absolute Gasteiger partial charge is 0.242 e. The van der Waals surface area contributed by atoms with E-state index in [2.05, 4.69) is 9.71 Å². The van der Waals surface area contributed by atoms with Crippen molar-refractivity contribution in [2.75, 3.05) is 0 Å². The van der Waals surface area contributed by atoms with Crippen LogP contribution in [-0.2, 0) is 23.2 Å². The average molecular weight is 313 g/mol. The lowest BCUT2D eigenvalue weighted by atomic mass is 10.1. The molecule has 0 fully saturated rings. The highest BCUT2D eigenvalue weighted by atomic mass is 35.5. The van der Waals surface area contributed by atoms with Crippen LogP contribution in [0.3, 0.4) is 0 Å². The molecule has 0 spiro atoms. The number of nitrogens with one attached hydrogen (secondary N) is 1. The van der Waals surface area contributed by atoms with E-state index in [4.69, 9.17) is 11.6 Å². The van der Waals surface area contributed by atoms with E-state index < -0.39 is 10.0 Å². The molecule has 5 nitrogen and oxygen atoms in total. The van der Waals surface area contributed by atoms with Crippen molar-refractivity contribution in [1.29, 1.82) is 0 Å². The number of aliphatic hydroxyl groups is 1. The Morgan fingerprint density at radius 3 is 2.45 bits per heavy atom. The second kappa shape index (κ2) is 6.32. The number of hydrogen-bond donors (Lipinski definition) is 2. The normalized spacial score (nSPS) is 11.5. The van der Waals surface area contributed by atoms with Gasteiger partial charge in [0.25, 0.3) is 0 Å². The van der Waals surface area contributed by atoms with Crippen molar-refractivity contribution in [2.24, 2.45) is 0 Å². The van der Waals surface area contributed by atoms with Crippen LogP contribution in [0.4, 0.5) is 0 Å². The number of rotatable bonds is 5. The lowest BCUT2D eigenvalue weighted by molar-refractivity contribution is 0.280. The maximum Gasteiger partial charge on any atom is 0.242 e. The summed E-state index contributed by atoms with van der Waals surface area (Å²) in [6.45, 7) is -0.0396. The fraction of sp³-hybridized carbons (Fsp3) is 0.154. The van der Waals surface area contributed by atoms with Gasteiger partial charge in [-0.05, 0) is 23.3 Å². The number of sulfonamides is 1. The molecule has 2 aromatic rings. The fourth-order valence-corrected chi connectivity index (χ4v) is 2.72. The summed E-state index contributed by atoms with van der Waals surface area (Å²) in [6.07, 6.45) is 1.20. The zero-order valence-corrected chi connectivity index (χ0v) is 12.0. The van der Waals surface area contributed by atoms with Crippen molar-refractivity contribution in [3.63, 3.8) is 0 Å². The number of hydrogen-bond acceptors (Lipinski definition) is 4. The molecule has 0 aliphatic heterocycles. The maximum atomic E-state index is 12.1. The second-order valence-corrected chi connectivity index (χ2v) is 6.22. The Morgan fingerprint density at radius 2 is 1.85 bits per heavy atom. The molecule has 0 saturated heterocycles. The molecule has 1 aromatic heterocycles. The molecule has 0 aliphatic carbocycles. The third-order valence-electron chi connectivity index (χ3n) is 2.75. The minimum atomic E-state index is -3.65. The van der Waals surface area contributed by atoms with Gasteiger partial charge in [0.05, 0.1) is 6.61 Å². The molecule has 0 amide bonds. The molecule has 1 heterocycles. The molecule has 20 heavy (non-hydrogen) atoms. The van der Waals surface area contributed by atoms with E-state index in [0.29, 0.717) is 5.56 Å². The first-order valence-corrected chi connectivity index (χ1v) is 7.68. The monoisotopic (exact) mass is 312 g/mol. The minimum absolute atomic E-state index is 0.0448. The van der Waals surface area contributed by atoms with E-state index in [0.717, 1.165) is 5.56 Å².